The van der Waals surface area contributed by atoms with Gasteiger partial charge in [0, 0.05) is 29.6 Å². The van der Waals surface area contributed by atoms with Crippen LogP contribution in [-0.4, -0.2) is 32.3 Å². The highest BCUT2D eigenvalue weighted by Gasteiger charge is 2.35. The average molecular weight is 487 g/mol. The van der Waals surface area contributed by atoms with E-state index in [0.29, 0.717) is 22.2 Å². The highest BCUT2D eigenvalue weighted by atomic mass is 32.2. The summed E-state index contributed by atoms with van der Waals surface area (Å²) < 4.78 is 34.7. The summed E-state index contributed by atoms with van der Waals surface area (Å²) in [6.07, 6.45) is 0. The normalized spacial score (nSPS) is 15.0. The second kappa shape index (κ2) is 9.59. The van der Waals surface area contributed by atoms with E-state index in [1.807, 2.05) is 0 Å². The topological polar surface area (TPSA) is 112 Å². The summed E-state index contributed by atoms with van der Waals surface area (Å²) in [5.41, 5.74) is 1.42. The van der Waals surface area contributed by atoms with E-state index < -0.39 is 28.6 Å². The lowest BCUT2D eigenvalue weighted by Gasteiger charge is -2.28. The van der Waals surface area contributed by atoms with Crippen LogP contribution in [0.2, 0.25) is 0 Å². The summed E-state index contributed by atoms with van der Waals surface area (Å²) >= 11 is 1.22. The zero-order chi connectivity index (χ0) is 24.4. The molecule has 0 amide bonds. The van der Waals surface area contributed by atoms with E-state index in [9.17, 15) is 23.7 Å². The van der Waals surface area contributed by atoms with Crippen molar-refractivity contribution in [1.29, 1.82) is 0 Å². The molecule has 0 aliphatic carbocycles. The predicted octanol–water partition coefficient (Wildman–Crippen LogP) is 4.61. The van der Waals surface area contributed by atoms with Crippen molar-refractivity contribution in [3.8, 4) is 0 Å². The van der Waals surface area contributed by atoms with E-state index in [4.69, 9.17) is 4.74 Å². The maximum absolute atomic E-state index is 14.1. The fraction of sp³-hybridized carbons (Fsp3) is 0.227. The zero-order valence-electron chi connectivity index (χ0n) is 18.1. The first-order valence-electron chi connectivity index (χ1n) is 10.2. The van der Waals surface area contributed by atoms with Crippen LogP contribution in [0.1, 0.15) is 31.0 Å². The number of anilines is 1. The smallest absolute Gasteiger partial charge is 0.338 e. The molecule has 1 atom stereocenters. The van der Waals surface area contributed by atoms with Gasteiger partial charge in [0.05, 0.1) is 17.1 Å². The van der Waals surface area contributed by atoms with E-state index in [2.05, 4.69) is 15.4 Å². The van der Waals surface area contributed by atoms with E-state index in [0.717, 1.165) is 18.2 Å². The molecule has 4 rings (SSSR count). The Hall–Kier alpha value is -3.80. The molecule has 1 aromatic heterocycles. The van der Waals surface area contributed by atoms with Crippen LogP contribution in [0.3, 0.4) is 0 Å². The number of carbonyl (C=O) groups is 1. The predicted molar refractivity (Wildman–Crippen MR) is 120 cm³/mol. The van der Waals surface area contributed by atoms with Gasteiger partial charge in [-0.1, -0.05) is 23.9 Å². The number of nitro benzene ring substituents is 1. The first kappa shape index (κ1) is 23.4. The maximum atomic E-state index is 14.1. The number of nitrogens with one attached hydrogen (secondary N) is 1. The number of thioether (sulfide) groups is 1. The van der Waals surface area contributed by atoms with Crippen molar-refractivity contribution in [2.45, 2.75) is 30.8 Å². The molecular weight excluding hydrogens is 468 g/mol. The Morgan fingerprint density at radius 3 is 2.68 bits per heavy atom. The molecule has 3 aromatic rings. The van der Waals surface area contributed by atoms with Crippen LogP contribution in [0, 0.1) is 21.7 Å². The number of benzene rings is 2. The number of esters is 1. The number of fused-ring (bicyclic) bond motifs is 1. The number of nitro groups is 1. The molecule has 2 aromatic carbocycles. The van der Waals surface area contributed by atoms with Gasteiger partial charge >= 0.3 is 5.97 Å². The number of nitrogens with zero attached hydrogens (tertiary/aromatic N) is 4. The Labute approximate surface area is 197 Å². The molecule has 12 heteroatoms. The largest absolute Gasteiger partial charge is 0.463 e. The molecule has 176 valence electrons. The average Bonchev–Trinajstić information content (AvgIpc) is 3.18. The summed E-state index contributed by atoms with van der Waals surface area (Å²) in [5.74, 6) is -1.61. The molecule has 0 saturated heterocycles. The van der Waals surface area contributed by atoms with E-state index in [1.165, 1.54) is 28.6 Å². The molecule has 2 heterocycles. The fourth-order valence-corrected chi connectivity index (χ4v) is 4.39. The van der Waals surface area contributed by atoms with Gasteiger partial charge < -0.3 is 10.1 Å². The van der Waals surface area contributed by atoms with Gasteiger partial charge in [-0.2, -0.15) is 4.98 Å². The standard InChI is InChI=1S/C22H19F2N5O4S/c1-3-33-20(30)18-12(2)25-21-26-22(34-11-13-5-4-6-17(7-13)29(31)32)27-28(21)19(18)14-8-15(23)10-16(24)9-14/h4-10,19H,3,11H2,1-2H3,(H,25,26,27). The monoisotopic (exact) mass is 487 g/mol. The van der Waals surface area contributed by atoms with Gasteiger partial charge in [0.2, 0.25) is 11.1 Å². The highest BCUT2D eigenvalue weighted by Crippen LogP contribution is 2.37. The number of halogens is 2. The number of non-ortho nitro benzene ring substituents is 1. The molecular formula is C22H19F2N5O4S. The van der Waals surface area contributed by atoms with Crippen LogP contribution in [-0.2, 0) is 15.3 Å². The van der Waals surface area contributed by atoms with Crippen LogP contribution in [0.4, 0.5) is 20.4 Å². The molecule has 0 bridgehead atoms. The van der Waals surface area contributed by atoms with Crippen LogP contribution < -0.4 is 5.32 Å². The van der Waals surface area contributed by atoms with Crippen molar-refractivity contribution < 1.29 is 23.2 Å². The van der Waals surface area contributed by atoms with E-state index in [-0.39, 0.29) is 29.4 Å². The second-order valence-corrected chi connectivity index (χ2v) is 8.31. The maximum Gasteiger partial charge on any atom is 0.338 e. The van der Waals surface area contributed by atoms with Gasteiger partial charge in [0.15, 0.2) is 0 Å². The summed E-state index contributed by atoms with van der Waals surface area (Å²) in [4.78, 5) is 27.7. The van der Waals surface area contributed by atoms with Crippen molar-refractivity contribution in [2.75, 3.05) is 11.9 Å². The number of carbonyl (C=O) groups excluding carboxylic acids is 1. The molecule has 0 spiro atoms. The van der Waals surface area contributed by atoms with Crippen LogP contribution in [0.5, 0.6) is 0 Å². The molecule has 1 unspecified atom stereocenters. The molecule has 1 aliphatic heterocycles. The van der Waals surface area contributed by atoms with Crippen molar-refractivity contribution in [2.24, 2.45) is 0 Å². The lowest BCUT2D eigenvalue weighted by atomic mass is 9.95. The van der Waals surface area contributed by atoms with E-state index in [1.54, 1.807) is 26.0 Å². The summed E-state index contributed by atoms with van der Waals surface area (Å²) in [5, 5.41) is 18.8. The second-order valence-electron chi connectivity index (χ2n) is 7.37. The number of hydrogen-bond donors (Lipinski definition) is 1. The Morgan fingerprint density at radius 2 is 2.00 bits per heavy atom. The van der Waals surface area contributed by atoms with E-state index >= 15 is 0 Å². The summed E-state index contributed by atoms with van der Waals surface area (Å²) in [6.45, 7) is 3.42. The molecule has 0 saturated carbocycles. The number of allylic oxidation sites excluding steroid dienone is 1. The number of rotatable bonds is 7. The van der Waals surface area contributed by atoms with Gasteiger partial charge in [-0.15, -0.1) is 5.10 Å². The number of ether oxygens (including phenoxy) is 1. The molecule has 9 nitrogen and oxygen atoms in total. The lowest BCUT2D eigenvalue weighted by molar-refractivity contribution is -0.384. The first-order valence-corrected chi connectivity index (χ1v) is 11.2. The van der Waals surface area contributed by atoms with Crippen molar-refractivity contribution in [3.05, 3.63) is 86.6 Å². The van der Waals surface area contributed by atoms with Crippen molar-refractivity contribution in [1.82, 2.24) is 14.8 Å². The molecule has 34 heavy (non-hydrogen) atoms. The van der Waals surface area contributed by atoms with Gasteiger partial charge in [-0.25, -0.2) is 18.3 Å². The zero-order valence-corrected chi connectivity index (χ0v) is 18.9. The number of hydrogen-bond acceptors (Lipinski definition) is 8. The minimum absolute atomic E-state index is 0.0241. The summed E-state index contributed by atoms with van der Waals surface area (Å²) in [7, 11) is 0. The highest BCUT2D eigenvalue weighted by molar-refractivity contribution is 7.98. The Kier molecular flexibility index (Phi) is 6.59. The lowest BCUT2D eigenvalue weighted by Crippen LogP contribution is -2.29. The summed E-state index contributed by atoms with van der Waals surface area (Å²) in [6, 6.07) is 8.24. The molecule has 1 N–H and O–H groups in total. The third kappa shape index (κ3) is 4.76. The molecule has 1 aliphatic rings. The van der Waals surface area contributed by atoms with Gasteiger partial charge in [0.1, 0.15) is 17.7 Å². The van der Waals surface area contributed by atoms with Crippen LogP contribution in [0.25, 0.3) is 0 Å². The van der Waals surface area contributed by atoms with Crippen LogP contribution >= 0.6 is 11.8 Å². The fourth-order valence-electron chi connectivity index (χ4n) is 3.61. The Balaban J connectivity index is 1.69. The number of aromatic nitrogens is 3. The minimum Gasteiger partial charge on any atom is -0.463 e. The van der Waals surface area contributed by atoms with Crippen LogP contribution in [0.15, 0.2) is 58.9 Å². The van der Waals surface area contributed by atoms with Crippen molar-refractivity contribution >= 4 is 29.4 Å². The van der Waals surface area contributed by atoms with Gasteiger partial charge in [-0.05, 0) is 37.1 Å². The molecule has 0 fully saturated rings. The van der Waals surface area contributed by atoms with Gasteiger partial charge in [0.25, 0.3) is 5.69 Å². The van der Waals surface area contributed by atoms with Crippen molar-refractivity contribution in [3.63, 3.8) is 0 Å². The molecule has 0 radical (unpaired) electrons. The third-order valence-corrected chi connectivity index (χ3v) is 5.93. The Bertz CT molecular complexity index is 1290. The third-order valence-electron chi connectivity index (χ3n) is 5.02. The quantitative estimate of drug-likeness (QED) is 0.223. The minimum atomic E-state index is -0.972. The SMILES string of the molecule is CCOC(=O)C1=C(C)Nc2nc(SCc3cccc([N+](=O)[O-])c3)nn2C1c1cc(F)cc(F)c1. The first-order chi connectivity index (χ1) is 16.3. The van der Waals surface area contributed by atoms with Gasteiger partial charge in [-0.3, -0.25) is 10.1 Å². The Morgan fingerprint density at radius 1 is 1.26 bits per heavy atom.